The van der Waals surface area contributed by atoms with Crippen LogP contribution in [-0.2, 0) is 11.3 Å². The number of halogens is 4. The van der Waals surface area contributed by atoms with Crippen LogP contribution < -0.4 is 10.1 Å². The number of anilines is 1. The molecule has 1 aliphatic rings. The summed E-state index contributed by atoms with van der Waals surface area (Å²) in [6.45, 7) is 3.46. The van der Waals surface area contributed by atoms with Crippen molar-refractivity contribution in [1.29, 1.82) is 0 Å². The third-order valence-electron chi connectivity index (χ3n) is 4.56. The average molecular weight is 411 g/mol. The summed E-state index contributed by atoms with van der Waals surface area (Å²) in [5.74, 6) is -0.820. The van der Waals surface area contributed by atoms with Gasteiger partial charge in [0.25, 0.3) is 0 Å². The Bertz CT molecular complexity index is 819. The van der Waals surface area contributed by atoms with Crippen molar-refractivity contribution in [1.82, 2.24) is 9.80 Å². The minimum Gasteiger partial charge on any atom is -0.406 e. The Morgan fingerprint density at radius 1 is 0.966 bits per heavy atom. The molecule has 1 N–H and O–H groups in total. The van der Waals surface area contributed by atoms with Crippen molar-refractivity contribution < 1.29 is 27.1 Å². The van der Waals surface area contributed by atoms with Crippen LogP contribution in [0, 0.1) is 5.82 Å². The number of piperazine rings is 1. The molecular formula is C20H21F4N3O2. The number of rotatable bonds is 6. The lowest BCUT2D eigenvalue weighted by atomic mass is 10.2. The fraction of sp³-hybridized carbons (Fsp3) is 0.350. The Kier molecular flexibility index (Phi) is 6.71. The van der Waals surface area contributed by atoms with Gasteiger partial charge in [-0.15, -0.1) is 13.2 Å². The number of alkyl halides is 3. The topological polar surface area (TPSA) is 44.8 Å². The van der Waals surface area contributed by atoms with E-state index in [1.54, 1.807) is 18.2 Å². The second kappa shape index (κ2) is 9.23. The van der Waals surface area contributed by atoms with Crippen molar-refractivity contribution in [2.24, 2.45) is 0 Å². The second-order valence-corrected chi connectivity index (χ2v) is 6.76. The van der Waals surface area contributed by atoms with Crippen LogP contribution in [0.25, 0.3) is 0 Å². The number of amides is 1. The SMILES string of the molecule is O=C(CN1CCN(Cc2ccccc2F)CC1)Nc1ccc(OC(F)(F)F)cc1. The molecule has 0 aromatic heterocycles. The molecule has 3 rings (SSSR count). The van der Waals surface area contributed by atoms with Crippen LogP contribution in [0.2, 0.25) is 0 Å². The summed E-state index contributed by atoms with van der Waals surface area (Å²) in [6, 6.07) is 11.7. The van der Waals surface area contributed by atoms with E-state index in [-0.39, 0.29) is 24.0 Å². The first-order valence-electron chi connectivity index (χ1n) is 9.12. The van der Waals surface area contributed by atoms with E-state index in [4.69, 9.17) is 0 Å². The van der Waals surface area contributed by atoms with Gasteiger partial charge < -0.3 is 10.1 Å². The zero-order chi connectivity index (χ0) is 20.9. The number of ether oxygens (including phenoxy) is 1. The highest BCUT2D eigenvalue weighted by atomic mass is 19.4. The zero-order valence-electron chi connectivity index (χ0n) is 15.6. The molecule has 0 spiro atoms. The second-order valence-electron chi connectivity index (χ2n) is 6.76. The van der Waals surface area contributed by atoms with Gasteiger partial charge in [0.05, 0.1) is 6.54 Å². The van der Waals surface area contributed by atoms with E-state index >= 15 is 0 Å². The van der Waals surface area contributed by atoms with Crippen LogP contribution >= 0.6 is 0 Å². The minimum atomic E-state index is -4.75. The Morgan fingerprint density at radius 2 is 1.59 bits per heavy atom. The average Bonchev–Trinajstić information content (AvgIpc) is 2.65. The molecule has 5 nitrogen and oxygen atoms in total. The molecule has 1 heterocycles. The zero-order valence-corrected chi connectivity index (χ0v) is 15.6. The summed E-state index contributed by atoms with van der Waals surface area (Å²) < 4.78 is 54.0. The van der Waals surface area contributed by atoms with Gasteiger partial charge in [0.2, 0.25) is 5.91 Å². The number of nitrogens with one attached hydrogen (secondary N) is 1. The standard InChI is InChI=1S/C20H21F4N3O2/c21-18-4-2-1-3-15(18)13-26-9-11-27(12-10-26)14-19(28)25-16-5-7-17(8-6-16)29-20(22,23)24/h1-8H,9-14H2,(H,25,28). The van der Waals surface area contributed by atoms with E-state index < -0.39 is 6.36 Å². The Labute approximate surface area is 165 Å². The molecule has 0 aliphatic carbocycles. The monoisotopic (exact) mass is 411 g/mol. The Balaban J connectivity index is 1.42. The molecule has 0 atom stereocenters. The third kappa shape index (κ3) is 6.72. The molecule has 9 heteroatoms. The molecule has 1 amide bonds. The fourth-order valence-corrected chi connectivity index (χ4v) is 3.12. The quantitative estimate of drug-likeness (QED) is 0.740. The van der Waals surface area contributed by atoms with Crippen LogP contribution in [0.4, 0.5) is 23.2 Å². The van der Waals surface area contributed by atoms with Gasteiger partial charge in [-0.3, -0.25) is 14.6 Å². The van der Waals surface area contributed by atoms with Crippen LogP contribution in [0.15, 0.2) is 48.5 Å². The minimum absolute atomic E-state index is 0.175. The molecule has 0 saturated carbocycles. The summed E-state index contributed by atoms with van der Waals surface area (Å²) in [5, 5.41) is 2.66. The summed E-state index contributed by atoms with van der Waals surface area (Å²) in [4.78, 5) is 16.3. The van der Waals surface area contributed by atoms with Crippen molar-refractivity contribution >= 4 is 11.6 Å². The number of nitrogens with zero attached hydrogens (tertiary/aromatic N) is 2. The summed E-state index contributed by atoms with van der Waals surface area (Å²) in [6.07, 6.45) is -4.75. The van der Waals surface area contributed by atoms with E-state index in [2.05, 4.69) is 15.0 Å². The number of carbonyl (C=O) groups is 1. The van der Waals surface area contributed by atoms with E-state index in [1.165, 1.54) is 18.2 Å². The van der Waals surface area contributed by atoms with E-state index in [1.807, 2.05) is 4.90 Å². The molecule has 2 aromatic carbocycles. The van der Waals surface area contributed by atoms with Gasteiger partial charge in [-0.05, 0) is 30.3 Å². The van der Waals surface area contributed by atoms with Gasteiger partial charge in [-0.1, -0.05) is 18.2 Å². The van der Waals surface area contributed by atoms with Crippen molar-refractivity contribution in [2.45, 2.75) is 12.9 Å². The molecule has 1 fully saturated rings. The molecule has 1 aliphatic heterocycles. The van der Waals surface area contributed by atoms with Crippen LogP contribution in [-0.4, -0.2) is 54.8 Å². The number of benzene rings is 2. The predicted molar refractivity (Wildman–Crippen MR) is 99.9 cm³/mol. The molecule has 1 saturated heterocycles. The van der Waals surface area contributed by atoms with Crippen molar-refractivity contribution in [3.05, 3.63) is 59.9 Å². The molecule has 0 bridgehead atoms. The third-order valence-corrected chi connectivity index (χ3v) is 4.56. The molecule has 156 valence electrons. The van der Waals surface area contributed by atoms with E-state index in [0.29, 0.717) is 44.0 Å². The van der Waals surface area contributed by atoms with Gasteiger partial charge in [0, 0.05) is 44.0 Å². The van der Waals surface area contributed by atoms with Gasteiger partial charge in [-0.25, -0.2) is 4.39 Å². The van der Waals surface area contributed by atoms with Crippen LogP contribution in [0.1, 0.15) is 5.56 Å². The summed E-state index contributed by atoms with van der Waals surface area (Å²) in [7, 11) is 0. The molecule has 0 radical (unpaired) electrons. The lowest BCUT2D eigenvalue weighted by Crippen LogP contribution is -2.48. The van der Waals surface area contributed by atoms with Gasteiger partial charge in [-0.2, -0.15) is 0 Å². The summed E-state index contributed by atoms with van der Waals surface area (Å²) >= 11 is 0. The Morgan fingerprint density at radius 3 is 2.21 bits per heavy atom. The van der Waals surface area contributed by atoms with Gasteiger partial charge in [0.1, 0.15) is 11.6 Å². The predicted octanol–water partition coefficient (Wildman–Crippen LogP) is 3.48. The highest BCUT2D eigenvalue weighted by molar-refractivity contribution is 5.92. The normalized spacial score (nSPS) is 15.9. The first kappa shape index (κ1) is 21.1. The maximum Gasteiger partial charge on any atom is 0.573 e. The van der Waals surface area contributed by atoms with Crippen LogP contribution in [0.5, 0.6) is 5.75 Å². The maximum absolute atomic E-state index is 13.8. The lowest BCUT2D eigenvalue weighted by molar-refractivity contribution is -0.274. The number of hydrogen-bond acceptors (Lipinski definition) is 4. The highest BCUT2D eigenvalue weighted by Gasteiger charge is 2.31. The molecule has 2 aromatic rings. The fourth-order valence-electron chi connectivity index (χ4n) is 3.12. The van der Waals surface area contributed by atoms with Crippen LogP contribution in [0.3, 0.4) is 0 Å². The number of hydrogen-bond donors (Lipinski definition) is 1. The highest BCUT2D eigenvalue weighted by Crippen LogP contribution is 2.24. The lowest BCUT2D eigenvalue weighted by Gasteiger charge is -2.34. The first-order valence-corrected chi connectivity index (χ1v) is 9.12. The van der Waals surface area contributed by atoms with Crippen molar-refractivity contribution in [3.63, 3.8) is 0 Å². The summed E-state index contributed by atoms with van der Waals surface area (Å²) in [5.41, 5.74) is 1.04. The smallest absolute Gasteiger partial charge is 0.406 e. The van der Waals surface area contributed by atoms with Crippen molar-refractivity contribution in [3.8, 4) is 5.75 Å². The molecule has 29 heavy (non-hydrogen) atoms. The largest absolute Gasteiger partial charge is 0.573 e. The number of carbonyl (C=O) groups excluding carboxylic acids is 1. The Hall–Kier alpha value is -2.65. The van der Waals surface area contributed by atoms with Gasteiger partial charge in [0.15, 0.2) is 0 Å². The molecule has 0 unspecified atom stereocenters. The molecular weight excluding hydrogens is 390 g/mol. The van der Waals surface area contributed by atoms with Gasteiger partial charge >= 0.3 is 6.36 Å². The maximum atomic E-state index is 13.8. The van der Waals surface area contributed by atoms with E-state index in [0.717, 1.165) is 12.1 Å². The van der Waals surface area contributed by atoms with E-state index in [9.17, 15) is 22.4 Å². The first-order chi connectivity index (χ1) is 13.8. The van der Waals surface area contributed by atoms with Crippen molar-refractivity contribution in [2.75, 3.05) is 38.0 Å².